The molecule has 2 aromatic rings. The molecule has 0 saturated heterocycles. The van der Waals surface area contributed by atoms with Crippen molar-refractivity contribution in [2.75, 3.05) is 11.9 Å². The normalized spacial score (nSPS) is 13.2. The van der Waals surface area contributed by atoms with Gasteiger partial charge >= 0.3 is 0 Å². The molecule has 1 heterocycles. The monoisotopic (exact) mass is 270 g/mol. The molecule has 0 N–H and O–H groups in total. The summed E-state index contributed by atoms with van der Waals surface area (Å²) in [6.45, 7) is 0. The summed E-state index contributed by atoms with van der Waals surface area (Å²) in [6.07, 6.45) is 8.50. The van der Waals surface area contributed by atoms with Crippen LogP contribution >= 0.6 is 11.6 Å². The van der Waals surface area contributed by atoms with Crippen LogP contribution in [0.25, 0.3) is 12.2 Å². The van der Waals surface area contributed by atoms with Crippen molar-refractivity contribution in [2.45, 2.75) is 12.8 Å². The Morgan fingerprint density at radius 1 is 1.05 bits per heavy atom. The van der Waals surface area contributed by atoms with Gasteiger partial charge in [-0.1, -0.05) is 23.8 Å². The fraction of sp³-hybridized carbons (Fsp3) is 0.188. The van der Waals surface area contributed by atoms with Crippen LogP contribution in [0.1, 0.15) is 12.8 Å². The summed E-state index contributed by atoms with van der Waals surface area (Å²) in [4.78, 5) is 6.61. The predicted molar refractivity (Wildman–Crippen MR) is 81.2 cm³/mol. The summed E-state index contributed by atoms with van der Waals surface area (Å²) in [7, 11) is 2.07. The van der Waals surface area contributed by atoms with Gasteiger partial charge in [-0.05, 0) is 43.2 Å². The van der Waals surface area contributed by atoms with Crippen molar-refractivity contribution in [3.63, 3.8) is 0 Å². The van der Waals surface area contributed by atoms with Crippen molar-refractivity contribution < 1.29 is 0 Å². The number of anilines is 2. The summed E-state index contributed by atoms with van der Waals surface area (Å²) < 4.78 is 0. The van der Waals surface area contributed by atoms with Gasteiger partial charge in [-0.3, -0.25) is 4.98 Å². The number of benzene rings is 1. The lowest BCUT2D eigenvalue weighted by molar-refractivity contribution is 1.06. The first-order valence-corrected chi connectivity index (χ1v) is 6.78. The number of pyridine rings is 1. The SMILES string of the molecule is CN(c1ccc(Cl)cc1)c1ccnc2c1=CCCC=2. The van der Waals surface area contributed by atoms with Gasteiger partial charge < -0.3 is 4.90 Å². The van der Waals surface area contributed by atoms with Crippen molar-refractivity contribution in [3.05, 3.63) is 52.1 Å². The lowest BCUT2D eigenvalue weighted by Gasteiger charge is -2.21. The zero-order valence-electron chi connectivity index (χ0n) is 10.8. The van der Waals surface area contributed by atoms with E-state index >= 15 is 0 Å². The maximum Gasteiger partial charge on any atom is 0.0679 e. The van der Waals surface area contributed by atoms with E-state index < -0.39 is 0 Å². The number of fused-ring (bicyclic) bond motifs is 1. The molecule has 0 saturated carbocycles. The van der Waals surface area contributed by atoms with Crippen LogP contribution in [0.5, 0.6) is 0 Å². The highest BCUT2D eigenvalue weighted by Crippen LogP contribution is 2.22. The Kier molecular flexibility index (Phi) is 3.26. The molecule has 1 aliphatic rings. The average molecular weight is 271 g/mol. The van der Waals surface area contributed by atoms with Crippen LogP contribution in [-0.2, 0) is 0 Å². The van der Waals surface area contributed by atoms with E-state index in [2.05, 4.69) is 35.1 Å². The molecule has 1 aliphatic carbocycles. The predicted octanol–water partition coefficient (Wildman–Crippen LogP) is 2.86. The highest BCUT2D eigenvalue weighted by Gasteiger charge is 2.07. The quantitative estimate of drug-likeness (QED) is 0.834. The molecule has 0 spiro atoms. The molecule has 1 aromatic heterocycles. The van der Waals surface area contributed by atoms with Crippen LogP contribution in [0.4, 0.5) is 11.4 Å². The van der Waals surface area contributed by atoms with E-state index in [0.717, 1.165) is 28.9 Å². The topological polar surface area (TPSA) is 16.1 Å². The molecule has 0 unspecified atom stereocenters. The Hall–Kier alpha value is -1.80. The minimum absolute atomic E-state index is 0.758. The van der Waals surface area contributed by atoms with Crippen LogP contribution in [-0.4, -0.2) is 12.0 Å². The maximum atomic E-state index is 5.94. The molecule has 2 nitrogen and oxygen atoms in total. The van der Waals surface area contributed by atoms with Crippen LogP contribution in [0, 0.1) is 0 Å². The Balaban J connectivity index is 2.11. The third-order valence-electron chi connectivity index (χ3n) is 3.43. The molecular formula is C16H15ClN2. The number of hydrogen-bond donors (Lipinski definition) is 0. The third kappa shape index (κ3) is 2.36. The van der Waals surface area contributed by atoms with Crippen molar-refractivity contribution in [1.82, 2.24) is 4.98 Å². The minimum Gasteiger partial charge on any atom is -0.344 e. The number of rotatable bonds is 2. The zero-order valence-corrected chi connectivity index (χ0v) is 11.6. The molecule has 1 aromatic carbocycles. The van der Waals surface area contributed by atoms with E-state index in [0.29, 0.717) is 0 Å². The van der Waals surface area contributed by atoms with E-state index in [-0.39, 0.29) is 0 Å². The molecule has 0 radical (unpaired) electrons. The summed E-state index contributed by atoms with van der Waals surface area (Å²) >= 11 is 5.94. The van der Waals surface area contributed by atoms with Gasteiger partial charge in [0.05, 0.1) is 11.0 Å². The molecule has 0 aliphatic heterocycles. The second kappa shape index (κ2) is 5.06. The smallest absolute Gasteiger partial charge is 0.0679 e. The molecule has 3 heteroatoms. The van der Waals surface area contributed by atoms with Gasteiger partial charge in [0.15, 0.2) is 0 Å². The number of hydrogen-bond acceptors (Lipinski definition) is 2. The van der Waals surface area contributed by atoms with Crippen LogP contribution in [0.15, 0.2) is 36.5 Å². The Labute approximate surface area is 117 Å². The molecule has 0 fully saturated rings. The highest BCUT2D eigenvalue weighted by atomic mass is 35.5. The van der Waals surface area contributed by atoms with Crippen molar-refractivity contribution in [3.8, 4) is 0 Å². The first-order valence-electron chi connectivity index (χ1n) is 6.40. The fourth-order valence-corrected chi connectivity index (χ4v) is 2.52. The Morgan fingerprint density at radius 3 is 2.58 bits per heavy atom. The van der Waals surface area contributed by atoms with Gasteiger partial charge in [0.1, 0.15) is 0 Å². The van der Waals surface area contributed by atoms with E-state index in [9.17, 15) is 0 Å². The van der Waals surface area contributed by atoms with Gasteiger partial charge in [0, 0.05) is 29.2 Å². The second-order valence-corrected chi connectivity index (χ2v) is 5.09. The lowest BCUT2D eigenvalue weighted by atomic mass is 10.1. The van der Waals surface area contributed by atoms with Crippen molar-refractivity contribution >= 4 is 35.1 Å². The largest absolute Gasteiger partial charge is 0.344 e. The highest BCUT2D eigenvalue weighted by molar-refractivity contribution is 6.30. The van der Waals surface area contributed by atoms with Crippen LogP contribution < -0.4 is 15.5 Å². The van der Waals surface area contributed by atoms with E-state index in [4.69, 9.17) is 11.6 Å². The summed E-state index contributed by atoms with van der Waals surface area (Å²) in [6, 6.07) is 9.94. The first-order chi connectivity index (χ1) is 9.25. The van der Waals surface area contributed by atoms with Crippen LogP contribution in [0.2, 0.25) is 5.02 Å². The van der Waals surface area contributed by atoms with Gasteiger partial charge in [0.25, 0.3) is 0 Å². The molecule has 3 rings (SSSR count). The van der Waals surface area contributed by atoms with Crippen molar-refractivity contribution in [2.24, 2.45) is 0 Å². The van der Waals surface area contributed by atoms with E-state index in [1.807, 2.05) is 30.5 Å². The molecule has 19 heavy (non-hydrogen) atoms. The lowest BCUT2D eigenvalue weighted by Crippen LogP contribution is -2.34. The summed E-state index contributed by atoms with van der Waals surface area (Å²) in [5, 5.41) is 3.07. The molecule has 0 bridgehead atoms. The van der Waals surface area contributed by atoms with Crippen molar-refractivity contribution in [1.29, 1.82) is 0 Å². The van der Waals surface area contributed by atoms with Gasteiger partial charge in [-0.15, -0.1) is 0 Å². The standard InChI is InChI=1S/C16H15ClN2/c1-19(13-8-6-12(17)7-9-13)16-10-11-18-15-5-3-2-4-14(15)16/h4-11H,2-3H2,1H3. The summed E-state index contributed by atoms with van der Waals surface area (Å²) in [5.74, 6) is 0. The van der Waals surface area contributed by atoms with Crippen LogP contribution in [0.3, 0.4) is 0 Å². The molecule has 96 valence electrons. The van der Waals surface area contributed by atoms with E-state index in [1.54, 1.807) is 0 Å². The van der Waals surface area contributed by atoms with Gasteiger partial charge in [-0.25, -0.2) is 0 Å². The molecule has 0 amide bonds. The first kappa shape index (κ1) is 12.2. The molecular weight excluding hydrogens is 256 g/mol. The van der Waals surface area contributed by atoms with Gasteiger partial charge in [0.2, 0.25) is 0 Å². The maximum absolute atomic E-state index is 5.94. The van der Waals surface area contributed by atoms with E-state index in [1.165, 1.54) is 10.9 Å². The third-order valence-corrected chi connectivity index (χ3v) is 3.68. The molecule has 0 atom stereocenters. The Bertz CT molecular complexity index is 705. The van der Waals surface area contributed by atoms with Gasteiger partial charge in [-0.2, -0.15) is 0 Å². The fourth-order valence-electron chi connectivity index (χ4n) is 2.39. The summed E-state index contributed by atoms with van der Waals surface area (Å²) in [5.41, 5.74) is 2.31. The second-order valence-electron chi connectivity index (χ2n) is 4.65. The number of nitrogens with zero attached hydrogens (tertiary/aromatic N) is 2. The number of aromatic nitrogens is 1. The average Bonchev–Trinajstić information content (AvgIpc) is 2.47. The Morgan fingerprint density at radius 2 is 1.79 bits per heavy atom. The zero-order chi connectivity index (χ0) is 13.2. The number of halogens is 1. The minimum atomic E-state index is 0.758.